The van der Waals surface area contributed by atoms with Crippen LogP contribution in [0.5, 0.6) is 0 Å². The fourth-order valence-electron chi connectivity index (χ4n) is 5.03. The number of rotatable bonds is 7. The standard InChI is InChI=1S/C26H33N5/c1-16-10-20(6-9-22(16)18(3)30-21-7-8-21)23-15-28-31-24(11-17(2)29-25(23)31)27-14-19-12-26(4,5)13-19/h6,9-11,15,19,21,27,30H,3,7-8,12-14H2,1-2,4-5H3. The molecule has 2 heterocycles. The first-order valence-corrected chi connectivity index (χ1v) is 11.5. The number of nitrogens with one attached hydrogen (secondary N) is 2. The van der Waals surface area contributed by atoms with Gasteiger partial charge in [-0.05, 0) is 67.6 Å². The third-order valence-electron chi connectivity index (χ3n) is 6.67. The maximum absolute atomic E-state index is 4.82. The molecule has 2 saturated carbocycles. The summed E-state index contributed by atoms with van der Waals surface area (Å²) in [6, 6.07) is 9.25. The summed E-state index contributed by atoms with van der Waals surface area (Å²) in [4.78, 5) is 4.82. The van der Waals surface area contributed by atoms with Crippen molar-refractivity contribution in [2.45, 2.75) is 59.4 Å². The van der Waals surface area contributed by atoms with Crippen molar-refractivity contribution < 1.29 is 0 Å². The lowest BCUT2D eigenvalue weighted by Crippen LogP contribution is -2.36. The van der Waals surface area contributed by atoms with Crippen molar-refractivity contribution in [1.29, 1.82) is 0 Å². The second-order valence-electron chi connectivity index (χ2n) is 10.3. The van der Waals surface area contributed by atoms with Gasteiger partial charge in [0, 0.05) is 35.6 Å². The summed E-state index contributed by atoms with van der Waals surface area (Å²) in [5.41, 5.74) is 8.02. The average molecular weight is 416 g/mol. The molecule has 2 aliphatic rings. The largest absolute Gasteiger partial charge is 0.382 e. The predicted octanol–water partition coefficient (Wildman–Crippen LogP) is 5.58. The highest BCUT2D eigenvalue weighted by atomic mass is 15.3. The Bertz CT molecular complexity index is 1140. The van der Waals surface area contributed by atoms with Gasteiger partial charge in [-0.3, -0.25) is 0 Å². The van der Waals surface area contributed by atoms with Crippen molar-refractivity contribution in [1.82, 2.24) is 19.9 Å². The van der Waals surface area contributed by atoms with E-state index >= 15 is 0 Å². The second kappa shape index (κ2) is 7.40. The maximum atomic E-state index is 4.82. The Kier molecular flexibility index (Phi) is 4.80. The number of hydrogen-bond donors (Lipinski definition) is 2. The lowest BCUT2D eigenvalue weighted by Gasteiger charge is -2.42. The number of aryl methyl sites for hydroxylation is 2. The van der Waals surface area contributed by atoms with Gasteiger partial charge in [0.25, 0.3) is 0 Å². The van der Waals surface area contributed by atoms with Crippen molar-refractivity contribution in [3.05, 3.63) is 53.9 Å². The molecule has 5 rings (SSSR count). The van der Waals surface area contributed by atoms with Crippen molar-refractivity contribution >= 4 is 17.2 Å². The highest BCUT2D eigenvalue weighted by Gasteiger charge is 2.35. The molecule has 162 valence electrons. The number of fused-ring (bicyclic) bond motifs is 1. The van der Waals surface area contributed by atoms with Gasteiger partial charge in [0.15, 0.2) is 5.65 Å². The van der Waals surface area contributed by atoms with Crippen molar-refractivity contribution in [3.8, 4) is 11.1 Å². The van der Waals surface area contributed by atoms with Crippen LogP contribution in [0.25, 0.3) is 22.5 Å². The Balaban J connectivity index is 1.41. The predicted molar refractivity (Wildman–Crippen MR) is 128 cm³/mol. The zero-order valence-corrected chi connectivity index (χ0v) is 19.1. The molecular formula is C26H33N5. The van der Waals surface area contributed by atoms with Gasteiger partial charge in [-0.1, -0.05) is 38.6 Å². The Hall–Kier alpha value is -2.82. The molecule has 0 radical (unpaired) electrons. The maximum Gasteiger partial charge on any atom is 0.165 e. The summed E-state index contributed by atoms with van der Waals surface area (Å²) in [5.74, 6) is 1.76. The summed E-state index contributed by atoms with van der Waals surface area (Å²) in [6.45, 7) is 14.1. The smallest absolute Gasteiger partial charge is 0.165 e. The minimum Gasteiger partial charge on any atom is -0.382 e. The van der Waals surface area contributed by atoms with E-state index in [0.29, 0.717) is 11.5 Å². The molecule has 5 nitrogen and oxygen atoms in total. The van der Waals surface area contributed by atoms with E-state index in [1.165, 1.54) is 36.8 Å². The quantitative estimate of drug-likeness (QED) is 0.529. The topological polar surface area (TPSA) is 54.2 Å². The molecule has 3 aromatic rings. The van der Waals surface area contributed by atoms with Crippen molar-refractivity contribution in [3.63, 3.8) is 0 Å². The fourth-order valence-corrected chi connectivity index (χ4v) is 5.03. The van der Waals surface area contributed by atoms with Gasteiger partial charge >= 0.3 is 0 Å². The van der Waals surface area contributed by atoms with E-state index in [0.717, 1.165) is 46.4 Å². The third-order valence-corrected chi connectivity index (χ3v) is 6.67. The molecule has 0 aliphatic heterocycles. The first kappa shape index (κ1) is 20.1. The van der Waals surface area contributed by atoms with Crippen molar-refractivity contribution in [2.24, 2.45) is 11.3 Å². The molecule has 2 fully saturated rings. The first-order valence-electron chi connectivity index (χ1n) is 11.5. The summed E-state index contributed by atoms with van der Waals surface area (Å²) in [5, 5.41) is 11.8. The van der Waals surface area contributed by atoms with E-state index in [9.17, 15) is 0 Å². The number of anilines is 1. The summed E-state index contributed by atoms with van der Waals surface area (Å²) >= 11 is 0. The third kappa shape index (κ3) is 4.06. The van der Waals surface area contributed by atoms with E-state index < -0.39 is 0 Å². The van der Waals surface area contributed by atoms with Crippen LogP contribution in [-0.4, -0.2) is 27.2 Å². The van der Waals surface area contributed by atoms with Gasteiger partial charge in [0.1, 0.15) is 5.82 Å². The number of hydrogen-bond acceptors (Lipinski definition) is 4. The number of aromatic nitrogens is 3. The Morgan fingerprint density at radius 2 is 1.97 bits per heavy atom. The molecule has 2 N–H and O–H groups in total. The molecule has 0 spiro atoms. The van der Waals surface area contributed by atoms with E-state index in [1.807, 2.05) is 10.7 Å². The summed E-state index contributed by atoms with van der Waals surface area (Å²) in [7, 11) is 0. The molecule has 31 heavy (non-hydrogen) atoms. The van der Waals surface area contributed by atoms with Gasteiger partial charge in [-0.15, -0.1) is 0 Å². The van der Waals surface area contributed by atoms with E-state index in [-0.39, 0.29) is 0 Å². The fraction of sp³-hybridized carbons (Fsp3) is 0.462. The monoisotopic (exact) mass is 415 g/mol. The molecule has 5 heteroatoms. The SMILES string of the molecule is C=C(NC1CC1)c1ccc(-c2cnn3c(NCC4CC(C)(C)C4)cc(C)nc23)cc1C. The van der Waals surface area contributed by atoms with Crippen LogP contribution in [0.3, 0.4) is 0 Å². The molecular weight excluding hydrogens is 382 g/mol. The zero-order chi connectivity index (χ0) is 21.8. The van der Waals surface area contributed by atoms with Gasteiger partial charge in [0.05, 0.1) is 6.20 Å². The van der Waals surface area contributed by atoms with E-state index in [2.05, 4.69) is 74.3 Å². The molecule has 0 unspecified atom stereocenters. The first-order chi connectivity index (χ1) is 14.8. The summed E-state index contributed by atoms with van der Waals surface area (Å²) in [6.07, 6.45) is 7.00. The highest BCUT2D eigenvalue weighted by molar-refractivity contribution is 5.80. The minimum absolute atomic E-state index is 0.498. The Morgan fingerprint density at radius 3 is 2.65 bits per heavy atom. The molecule has 2 aliphatic carbocycles. The van der Waals surface area contributed by atoms with Crippen LogP contribution in [0.4, 0.5) is 5.82 Å². The van der Waals surface area contributed by atoms with Gasteiger partial charge < -0.3 is 10.6 Å². The molecule has 0 atom stereocenters. The minimum atomic E-state index is 0.498. The van der Waals surface area contributed by atoms with Crippen molar-refractivity contribution in [2.75, 3.05) is 11.9 Å². The van der Waals surface area contributed by atoms with Crippen LogP contribution in [0.2, 0.25) is 0 Å². The Labute approximate surface area is 185 Å². The second-order valence-corrected chi connectivity index (χ2v) is 10.3. The van der Waals surface area contributed by atoms with E-state index in [4.69, 9.17) is 4.98 Å². The number of nitrogens with zero attached hydrogens (tertiary/aromatic N) is 3. The zero-order valence-electron chi connectivity index (χ0n) is 19.1. The van der Waals surface area contributed by atoms with Crippen LogP contribution in [0.1, 0.15) is 56.4 Å². The van der Waals surface area contributed by atoms with Crippen LogP contribution in [-0.2, 0) is 0 Å². The lowest BCUT2D eigenvalue weighted by molar-refractivity contribution is 0.106. The van der Waals surface area contributed by atoms with Crippen LogP contribution in [0, 0.1) is 25.2 Å². The van der Waals surface area contributed by atoms with Crippen LogP contribution >= 0.6 is 0 Å². The number of benzene rings is 1. The molecule has 0 saturated heterocycles. The Morgan fingerprint density at radius 1 is 1.19 bits per heavy atom. The van der Waals surface area contributed by atoms with Gasteiger partial charge in [-0.25, -0.2) is 4.98 Å². The normalized spacial score (nSPS) is 18.1. The van der Waals surface area contributed by atoms with Crippen LogP contribution < -0.4 is 10.6 Å². The van der Waals surface area contributed by atoms with Gasteiger partial charge in [0.2, 0.25) is 0 Å². The average Bonchev–Trinajstić information content (AvgIpc) is 3.40. The lowest BCUT2D eigenvalue weighted by atomic mass is 9.64. The summed E-state index contributed by atoms with van der Waals surface area (Å²) < 4.78 is 1.95. The highest BCUT2D eigenvalue weighted by Crippen LogP contribution is 2.44. The van der Waals surface area contributed by atoms with Gasteiger partial charge in [-0.2, -0.15) is 9.61 Å². The molecule has 0 amide bonds. The van der Waals surface area contributed by atoms with E-state index in [1.54, 1.807) is 0 Å². The molecule has 0 bridgehead atoms. The molecule has 1 aromatic carbocycles. The molecule has 2 aromatic heterocycles. The van der Waals surface area contributed by atoms with Crippen LogP contribution in [0.15, 0.2) is 37.0 Å².